The minimum absolute atomic E-state index is 0.00513. The number of amides is 2. The summed E-state index contributed by atoms with van der Waals surface area (Å²) in [5, 5.41) is 5.70. The largest absolute Gasteiger partial charge is 0.385 e. The lowest BCUT2D eigenvalue weighted by Gasteiger charge is -2.24. The van der Waals surface area contributed by atoms with Crippen molar-refractivity contribution >= 4 is 11.7 Å². The molecule has 0 saturated carbocycles. The summed E-state index contributed by atoms with van der Waals surface area (Å²) in [5.74, 6) is 0. The van der Waals surface area contributed by atoms with Gasteiger partial charge in [-0.3, -0.25) is 0 Å². The summed E-state index contributed by atoms with van der Waals surface area (Å²) in [6.45, 7) is 7.42. The molecule has 0 radical (unpaired) electrons. The van der Waals surface area contributed by atoms with E-state index in [9.17, 15) is 4.79 Å². The molecule has 1 atom stereocenters. The highest BCUT2D eigenvalue weighted by molar-refractivity contribution is 5.89. The summed E-state index contributed by atoms with van der Waals surface area (Å²) >= 11 is 0. The van der Waals surface area contributed by atoms with E-state index in [4.69, 9.17) is 10.5 Å². The highest BCUT2D eigenvalue weighted by Gasteiger charge is 2.18. The van der Waals surface area contributed by atoms with Crippen molar-refractivity contribution in [3.63, 3.8) is 0 Å². The van der Waals surface area contributed by atoms with E-state index in [1.54, 1.807) is 7.11 Å². The second kappa shape index (κ2) is 8.00. The number of hydrogen-bond acceptors (Lipinski definition) is 3. The molecule has 1 unspecified atom stereocenters. The Hall–Kier alpha value is -1.59. The minimum Gasteiger partial charge on any atom is -0.385 e. The van der Waals surface area contributed by atoms with Gasteiger partial charge in [-0.05, 0) is 36.5 Å². The highest BCUT2D eigenvalue weighted by atomic mass is 16.5. The lowest BCUT2D eigenvalue weighted by Crippen LogP contribution is -2.37. The van der Waals surface area contributed by atoms with Crippen LogP contribution in [0.5, 0.6) is 0 Å². The van der Waals surface area contributed by atoms with Gasteiger partial charge in [0.15, 0.2) is 0 Å². The molecular formula is C16H27N3O2. The van der Waals surface area contributed by atoms with E-state index >= 15 is 0 Å². The monoisotopic (exact) mass is 293 g/mol. The summed E-state index contributed by atoms with van der Waals surface area (Å²) in [6, 6.07) is 7.34. The van der Waals surface area contributed by atoms with E-state index in [-0.39, 0.29) is 17.5 Å². The van der Waals surface area contributed by atoms with E-state index in [2.05, 4.69) is 24.5 Å². The zero-order valence-corrected chi connectivity index (χ0v) is 13.4. The fourth-order valence-corrected chi connectivity index (χ4v) is 1.83. The number of methoxy groups -OCH3 is 1. The third-order valence-electron chi connectivity index (χ3n) is 3.40. The molecule has 0 aliphatic rings. The molecule has 0 heterocycles. The normalized spacial score (nSPS) is 12.8. The molecule has 1 aromatic carbocycles. The van der Waals surface area contributed by atoms with Crippen LogP contribution in [0.25, 0.3) is 0 Å². The summed E-state index contributed by atoms with van der Waals surface area (Å²) in [4.78, 5) is 11.9. The number of carbonyl (C=O) groups is 1. The van der Waals surface area contributed by atoms with Crippen LogP contribution in [-0.2, 0) is 4.74 Å². The number of rotatable bonds is 7. The van der Waals surface area contributed by atoms with Gasteiger partial charge < -0.3 is 21.1 Å². The SMILES string of the molecule is COCCC(C)(C)CNC(=O)Nc1ccc(C(C)N)cc1. The lowest BCUT2D eigenvalue weighted by atomic mass is 9.90. The Morgan fingerprint density at radius 3 is 2.48 bits per heavy atom. The van der Waals surface area contributed by atoms with Gasteiger partial charge >= 0.3 is 6.03 Å². The van der Waals surface area contributed by atoms with Gasteiger partial charge in [-0.15, -0.1) is 0 Å². The van der Waals surface area contributed by atoms with Crippen LogP contribution in [0, 0.1) is 5.41 Å². The third-order valence-corrected chi connectivity index (χ3v) is 3.40. The maximum Gasteiger partial charge on any atom is 0.319 e. The first-order valence-corrected chi connectivity index (χ1v) is 7.23. The second-order valence-corrected chi connectivity index (χ2v) is 6.13. The van der Waals surface area contributed by atoms with Crippen LogP contribution in [0.15, 0.2) is 24.3 Å². The molecule has 0 spiro atoms. The molecule has 1 aromatic rings. The first-order valence-electron chi connectivity index (χ1n) is 7.23. The number of ether oxygens (including phenoxy) is 1. The van der Waals surface area contributed by atoms with Gasteiger partial charge in [-0.1, -0.05) is 26.0 Å². The maximum atomic E-state index is 11.9. The second-order valence-electron chi connectivity index (χ2n) is 6.13. The zero-order chi connectivity index (χ0) is 15.9. The first kappa shape index (κ1) is 17.5. The van der Waals surface area contributed by atoms with Crippen molar-refractivity contribution in [2.75, 3.05) is 25.6 Å². The van der Waals surface area contributed by atoms with E-state index in [1.807, 2.05) is 31.2 Å². The predicted molar refractivity (Wildman–Crippen MR) is 86.3 cm³/mol. The highest BCUT2D eigenvalue weighted by Crippen LogP contribution is 2.19. The van der Waals surface area contributed by atoms with E-state index in [1.165, 1.54) is 0 Å². The summed E-state index contributed by atoms with van der Waals surface area (Å²) in [5.41, 5.74) is 7.60. The Balaban J connectivity index is 2.43. The van der Waals surface area contributed by atoms with Gasteiger partial charge in [0.25, 0.3) is 0 Å². The molecule has 1 rings (SSSR count). The summed E-state index contributed by atoms with van der Waals surface area (Å²) in [7, 11) is 1.68. The first-order chi connectivity index (χ1) is 9.84. The summed E-state index contributed by atoms with van der Waals surface area (Å²) < 4.78 is 5.07. The van der Waals surface area contributed by atoms with Crippen LogP contribution in [0.2, 0.25) is 0 Å². The molecule has 21 heavy (non-hydrogen) atoms. The van der Waals surface area contributed by atoms with Gasteiger partial charge in [0, 0.05) is 32.0 Å². The van der Waals surface area contributed by atoms with Crippen molar-refractivity contribution in [1.29, 1.82) is 0 Å². The Labute approximate surface area is 127 Å². The van der Waals surface area contributed by atoms with Crippen LogP contribution < -0.4 is 16.4 Å². The number of benzene rings is 1. The standard InChI is InChI=1S/C16H27N3O2/c1-12(17)13-5-7-14(8-6-13)19-15(20)18-11-16(2,3)9-10-21-4/h5-8,12H,9-11,17H2,1-4H3,(H2,18,19,20). The number of carbonyl (C=O) groups excluding carboxylic acids is 1. The number of hydrogen-bond donors (Lipinski definition) is 3. The van der Waals surface area contributed by atoms with Gasteiger partial charge in [-0.25, -0.2) is 4.79 Å². The molecule has 5 nitrogen and oxygen atoms in total. The third kappa shape index (κ3) is 6.60. The van der Waals surface area contributed by atoms with Gasteiger partial charge in [-0.2, -0.15) is 0 Å². The minimum atomic E-state index is -0.200. The smallest absolute Gasteiger partial charge is 0.319 e. The molecule has 2 amide bonds. The van der Waals surface area contributed by atoms with Crippen molar-refractivity contribution in [2.45, 2.75) is 33.2 Å². The van der Waals surface area contributed by atoms with Crippen LogP contribution in [0.3, 0.4) is 0 Å². The summed E-state index contributed by atoms with van der Waals surface area (Å²) in [6.07, 6.45) is 0.896. The topological polar surface area (TPSA) is 76.4 Å². The molecule has 0 aromatic heterocycles. The molecule has 5 heteroatoms. The van der Waals surface area contributed by atoms with E-state index < -0.39 is 0 Å². The molecule has 0 aliphatic carbocycles. The van der Waals surface area contributed by atoms with Crippen molar-refractivity contribution < 1.29 is 9.53 Å². The average molecular weight is 293 g/mol. The van der Waals surface area contributed by atoms with Gasteiger partial charge in [0.1, 0.15) is 0 Å². The number of nitrogens with two attached hydrogens (primary N) is 1. The van der Waals surface area contributed by atoms with Crippen LogP contribution >= 0.6 is 0 Å². The number of anilines is 1. The number of urea groups is 1. The van der Waals surface area contributed by atoms with Crippen LogP contribution in [0.4, 0.5) is 10.5 Å². The molecule has 0 aliphatic heterocycles. The van der Waals surface area contributed by atoms with Crippen LogP contribution in [0.1, 0.15) is 38.8 Å². The predicted octanol–water partition coefficient (Wildman–Crippen LogP) is 2.89. The molecular weight excluding hydrogens is 266 g/mol. The van der Waals surface area contributed by atoms with E-state index in [0.29, 0.717) is 13.2 Å². The molecule has 0 fully saturated rings. The van der Waals surface area contributed by atoms with Crippen molar-refractivity contribution in [3.05, 3.63) is 29.8 Å². The van der Waals surface area contributed by atoms with Crippen molar-refractivity contribution in [3.8, 4) is 0 Å². The zero-order valence-electron chi connectivity index (χ0n) is 13.4. The Bertz CT molecular complexity index is 441. The molecule has 0 saturated heterocycles. The fourth-order valence-electron chi connectivity index (χ4n) is 1.83. The van der Waals surface area contributed by atoms with Crippen LogP contribution in [-0.4, -0.2) is 26.3 Å². The molecule has 4 N–H and O–H groups in total. The quantitative estimate of drug-likeness (QED) is 0.723. The number of nitrogens with one attached hydrogen (secondary N) is 2. The Morgan fingerprint density at radius 1 is 1.33 bits per heavy atom. The van der Waals surface area contributed by atoms with Gasteiger partial charge in [0.2, 0.25) is 0 Å². The molecule has 118 valence electrons. The van der Waals surface area contributed by atoms with Gasteiger partial charge in [0.05, 0.1) is 0 Å². The Kier molecular flexibility index (Phi) is 6.65. The lowest BCUT2D eigenvalue weighted by molar-refractivity contribution is 0.151. The van der Waals surface area contributed by atoms with Crippen molar-refractivity contribution in [2.24, 2.45) is 11.1 Å². The maximum absolute atomic E-state index is 11.9. The van der Waals surface area contributed by atoms with E-state index in [0.717, 1.165) is 17.7 Å². The Morgan fingerprint density at radius 2 is 1.95 bits per heavy atom. The van der Waals surface area contributed by atoms with Crippen molar-refractivity contribution in [1.82, 2.24) is 5.32 Å². The average Bonchev–Trinajstić information content (AvgIpc) is 2.44. The fraction of sp³-hybridized carbons (Fsp3) is 0.562. The molecule has 0 bridgehead atoms.